The summed E-state index contributed by atoms with van der Waals surface area (Å²) >= 11 is 5.28. The highest BCUT2D eigenvalue weighted by atomic mass is 79.9. The molecule has 0 N–H and O–H groups in total. The summed E-state index contributed by atoms with van der Waals surface area (Å²) in [6.45, 7) is 0. The number of aromatic nitrogens is 3. The molecule has 0 aliphatic rings. The number of aryl methyl sites for hydroxylation is 1. The Hall–Kier alpha value is -1.46. The van der Waals surface area contributed by atoms with E-state index < -0.39 is 0 Å². The van der Waals surface area contributed by atoms with Crippen LogP contribution in [0.15, 0.2) is 58.4 Å². The molecule has 0 aliphatic carbocycles. The second kappa shape index (κ2) is 6.33. The minimum Gasteiger partial charge on any atom is -0.261 e. The number of pyridine rings is 1. The normalized spacial score (nSPS) is 10.8. The van der Waals surface area contributed by atoms with Gasteiger partial charge in [0.05, 0.1) is 16.2 Å². The van der Waals surface area contributed by atoms with Gasteiger partial charge in [0.1, 0.15) is 0 Å². The number of fused-ring (bicyclic) bond motifs is 1. The first kappa shape index (κ1) is 13.5. The molecule has 20 heavy (non-hydrogen) atoms. The molecule has 0 bridgehead atoms. The average molecular weight is 346 g/mol. The Labute approximate surface area is 130 Å². The zero-order chi connectivity index (χ0) is 13.8. The quantitative estimate of drug-likeness (QED) is 0.666. The lowest BCUT2D eigenvalue weighted by Gasteiger charge is -2.04. The lowest BCUT2D eigenvalue weighted by molar-refractivity contribution is 1.01. The van der Waals surface area contributed by atoms with Crippen molar-refractivity contribution in [3.8, 4) is 0 Å². The van der Waals surface area contributed by atoms with E-state index in [1.165, 1.54) is 0 Å². The van der Waals surface area contributed by atoms with Gasteiger partial charge in [-0.05, 0) is 28.1 Å². The molecular formula is C15H12BrN3S. The summed E-state index contributed by atoms with van der Waals surface area (Å²) in [7, 11) is 0. The highest BCUT2D eigenvalue weighted by molar-refractivity contribution is 9.10. The van der Waals surface area contributed by atoms with Crippen LogP contribution in [-0.2, 0) is 6.42 Å². The summed E-state index contributed by atoms with van der Waals surface area (Å²) in [6, 6.07) is 10.3. The SMILES string of the molecule is Brc1cccc2ccc(SCCc3cnccn3)nc12. The van der Waals surface area contributed by atoms with Crippen LogP contribution in [0.3, 0.4) is 0 Å². The number of para-hydroxylation sites is 1. The van der Waals surface area contributed by atoms with Crippen LogP contribution >= 0.6 is 27.7 Å². The Bertz CT molecular complexity index is 719. The van der Waals surface area contributed by atoms with Gasteiger partial charge in [-0.15, -0.1) is 11.8 Å². The van der Waals surface area contributed by atoms with Gasteiger partial charge in [-0.3, -0.25) is 9.97 Å². The second-order valence-electron chi connectivity index (χ2n) is 4.26. The molecule has 3 rings (SSSR count). The van der Waals surface area contributed by atoms with E-state index in [2.05, 4.69) is 49.1 Å². The van der Waals surface area contributed by atoms with E-state index in [4.69, 9.17) is 0 Å². The fourth-order valence-corrected chi connectivity index (χ4v) is 3.20. The van der Waals surface area contributed by atoms with E-state index in [-0.39, 0.29) is 0 Å². The molecule has 0 atom stereocenters. The van der Waals surface area contributed by atoms with Crippen LogP contribution in [0.25, 0.3) is 10.9 Å². The third kappa shape index (κ3) is 3.16. The van der Waals surface area contributed by atoms with Gasteiger partial charge in [-0.25, -0.2) is 4.98 Å². The first-order chi connectivity index (χ1) is 9.83. The Balaban J connectivity index is 1.70. The van der Waals surface area contributed by atoms with Gasteiger partial charge < -0.3 is 0 Å². The molecule has 0 spiro atoms. The predicted octanol–water partition coefficient (Wildman–Crippen LogP) is 4.12. The van der Waals surface area contributed by atoms with Crippen LogP contribution in [0.4, 0.5) is 0 Å². The number of halogens is 1. The van der Waals surface area contributed by atoms with E-state index in [1.54, 1.807) is 24.2 Å². The predicted molar refractivity (Wildman–Crippen MR) is 85.9 cm³/mol. The van der Waals surface area contributed by atoms with Crippen LogP contribution in [0, 0.1) is 0 Å². The number of rotatable bonds is 4. The van der Waals surface area contributed by atoms with E-state index >= 15 is 0 Å². The molecule has 2 heterocycles. The Morgan fingerprint density at radius 1 is 1.10 bits per heavy atom. The van der Waals surface area contributed by atoms with Crippen molar-refractivity contribution in [2.45, 2.75) is 11.4 Å². The first-order valence-corrected chi connectivity index (χ1v) is 8.04. The van der Waals surface area contributed by atoms with Crippen molar-refractivity contribution in [3.05, 3.63) is 59.1 Å². The molecule has 0 saturated carbocycles. The van der Waals surface area contributed by atoms with Crippen molar-refractivity contribution in [2.24, 2.45) is 0 Å². The molecule has 0 fully saturated rings. The summed E-state index contributed by atoms with van der Waals surface area (Å²) in [5.74, 6) is 0.946. The highest BCUT2D eigenvalue weighted by Gasteiger charge is 2.03. The number of nitrogens with zero attached hydrogens (tertiary/aromatic N) is 3. The fourth-order valence-electron chi connectivity index (χ4n) is 1.89. The molecule has 3 nitrogen and oxygen atoms in total. The number of thioether (sulfide) groups is 1. The summed E-state index contributed by atoms with van der Waals surface area (Å²) in [6.07, 6.45) is 6.13. The van der Waals surface area contributed by atoms with Crippen LogP contribution < -0.4 is 0 Å². The molecule has 1 aromatic carbocycles. The van der Waals surface area contributed by atoms with Gasteiger partial charge in [0, 0.05) is 40.6 Å². The number of benzene rings is 1. The summed E-state index contributed by atoms with van der Waals surface area (Å²) in [5, 5.41) is 2.19. The fraction of sp³-hybridized carbons (Fsp3) is 0.133. The van der Waals surface area contributed by atoms with Gasteiger partial charge in [-0.2, -0.15) is 0 Å². The Kier molecular flexibility index (Phi) is 4.28. The zero-order valence-electron chi connectivity index (χ0n) is 10.7. The molecule has 0 amide bonds. The van der Waals surface area contributed by atoms with Crippen molar-refractivity contribution in [1.29, 1.82) is 0 Å². The third-order valence-corrected chi connectivity index (χ3v) is 4.44. The molecule has 3 aromatic rings. The molecule has 0 aliphatic heterocycles. The highest BCUT2D eigenvalue weighted by Crippen LogP contribution is 2.25. The maximum atomic E-state index is 4.69. The number of hydrogen-bond donors (Lipinski definition) is 0. The molecule has 100 valence electrons. The average Bonchev–Trinajstić information content (AvgIpc) is 2.49. The van der Waals surface area contributed by atoms with Gasteiger partial charge in [-0.1, -0.05) is 18.2 Å². The van der Waals surface area contributed by atoms with Crippen LogP contribution in [0.2, 0.25) is 0 Å². The molecule has 0 unspecified atom stereocenters. The Morgan fingerprint density at radius 3 is 2.90 bits per heavy atom. The van der Waals surface area contributed by atoms with E-state index in [0.29, 0.717) is 0 Å². The second-order valence-corrected chi connectivity index (χ2v) is 6.23. The van der Waals surface area contributed by atoms with E-state index in [0.717, 1.165) is 38.3 Å². The van der Waals surface area contributed by atoms with Gasteiger partial charge in [0.25, 0.3) is 0 Å². The van der Waals surface area contributed by atoms with Crippen LogP contribution in [0.1, 0.15) is 5.69 Å². The van der Waals surface area contributed by atoms with E-state index in [9.17, 15) is 0 Å². The zero-order valence-corrected chi connectivity index (χ0v) is 13.1. The summed E-state index contributed by atoms with van der Waals surface area (Å²) in [5.41, 5.74) is 2.03. The van der Waals surface area contributed by atoms with Crippen molar-refractivity contribution in [3.63, 3.8) is 0 Å². The van der Waals surface area contributed by atoms with Crippen LogP contribution in [-0.4, -0.2) is 20.7 Å². The Morgan fingerprint density at radius 2 is 2.05 bits per heavy atom. The molecule has 5 heteroatoms. The monoisotopic (exact) mass is 345 g/mol. The minimum absolute atomic E-state index is 0.897. The van der Waals surface area contributed by atoms with Gasteiger partial charge >= 0.3 is 0 Å². The largest absolute Gasteiger partial charge is 0.261 e. The van der Waals surface area contributed by atoms with Crippen molar-refractivity contribution in [2.75, 3.05) is 5.75 Å². The van der Waals surface area contributed by atoms with Gasteiger partial charge in [0.2, 0.25) is 0 Å². The lowest BCUT2D eigenvalue weighted by atomic mass is 10.2. The summed E-state index contributed by atoms with van der Waals surface area (Å²) < 4.78 is 1.03. The van der Waals surface area contributed by atoms with Crippen molar-refractivity contribution >= 4 is 38.6 Å². The maximum absolute atomic E-state index is 4.69. The molecule has 2 aromatic heterocycles. The smallest absolute Gasteiger partial charge is 0.0968 e. The minimum atomic E-state index is 0.897. The molecule has 0 saturated heterocycles. The number of hydrogen-bond acceptors (Lipinski definition) is 4. The first-order valence-electron chi connectivity index (χ1n) is 6.26. The lowest BCUT2D eigenvalue weighted by Crippen LogP contribution is -1.93. The standard InChI is InChI=1S/C15H12BrN3S/c16-13-3-1-2-11-4-5-14(19-15(11)13)20-9-6-12-10-17-7-8-18-12/h1-5,7-8,10H,6,9H2. The maximum Gasteiger partial charge on any atom is 0.0968 e. The van der Waals surface area contributed by atoms with Crippen molar-refractivity contribution < 1.29 is 0 Å². The van der Waals surface area contributed by atoms with E-state index in [1.807, 2.05) is 18.3 Å². The molecule has 0 radical (unpaired) electrons. The van der Waals surface area contributed by atoms with Crippen LogP contribution in [0.5, 0.6) is 0 Å². The van der Waals surface area contributed by atoms with Gasteiger partial charge in [0.15, 0.2) is 0 Å². The topological polar surface area (TPSA) is 38.7 Å². The third-order valence-electron chi connectivity index (χ3n) is 2.87. The summed E-state index contributed by atoms with van der Waals surface area (Å²) in [4.78, 5) is 13.0. The van der Waals surface area contributed by atoms with Crippen molar-refractivity contribution in [1.82, 2.24) is 15.0 Å². The molecular weight excluding hydrogens is 334 g/mol.